The largest absolute Gasteiger partial charge is 0.459 e. The molecule has 0 saturated carbocycles. The first-order valence-electron chi connectivity index (χ1n) is 9.05. The van der Waals surface area contributed by atoms with Crippen molar-refractivity contribution in [2.45, 2.75) is 19.6 Å². The Bertz CT molecular complexity index is 910. The summed E-state index contributed by atoms with van der Waals surface area (Å²) in [5, 5.41) is 5.24. The Hall–Kier alpha value is -3.60. The van der Waals surface area contributed by atoms with E-state index in [9.17, 15) is 9.59 Å². The molecule has 0 fully saturated rings. The number of amides is 2. The van der Waals surface area contributed by atoms with Crippen LogP contribution in [0.4, 0.5) is 10.5 Å². The zero-order valence-electron chi connectivity index (χ0n) is 15.6. The van der Waals surface area contributed by atoms with Gasteiger partial charge < -0.3 is 15.4 Å². The molecule has 3 aromatic carbocycles. The lowest BCUT2D eigenvalue weighted by molar-refractivity contribution is -0.146. The van der Waals surface area contributed by atoms with Crippen LogP contribution in [0.5, 0.6) is 0 Å². The van der Waals surface area contributed by atoms with Crippen LogP contribution in [0, 0.1) is 0 Å². The quantitative estimate of drug-likeness (QED) is 0.619. The molecule has 2 amide bonds. The normalized spacial score (nSPS) is 11.3. The topological polar surface area (TPSA) is 67.4 Å². The average Bonchev–Trinajstić information content (AvgIpc) is 2.73. The molecule has 0 aliphatic carbocycles. The molecule has 0 radical (unpaired) electrons. The Kier molecular flexibility index (Phi) is 6.41. The third kappa shape index (κ3) is 5.45. The van der Waals surface area contributed by atoms with Gasteiger partial charge in [0, 0.05) is 5.69 Å². The zero-order chi connectivity index (χ0) is 19.8. The molecule has 5 nitrogen and oxygen atoms in total. The molecule has 1 atom stereocenters. The van der Waals surface area contributed by atoms with Gasteiger partial charge in [-0.1, -0.05) is 72.8 Å². The van der Waals surface area contributed by atoms with Gasteiger partial charge in [0.15, 0.2) is 0 Å². The minimum atomic E-state index is -0.757. The van der Waals surface area contributed by atoms with Gasteiger partial charge in [-0.05, 0) is 35.7 Å². The average molecular weight is 374 g/mol. The summed E-state index contributed by atoms with van der Waals surface area (Å²) < 4.78 is 5.31. The maximum Gasteiger partial charge on any atom is 0.328 e. The fraction of sp³-hybridized carbons (Fsp3) is 0.130. The van der Waals surface area contributed by atoms with Gasteiger partial charge in [0.2, 0.25) is 0 Å². The number of carbonyl (C=O) groups excluding carboxylic acids is 2. The molecule has 0 heterocycles. The minimum absolute atomic E-state index is 0.153. The standard InChI is InChI=1S/C23H22N2O3/c1-17(24-23(27)25-21-10-6-3-7-11-21)22(26)28-16-18-12-14-20(15-13-18)19-8-4-2-5-9-19/h2-15,17H,16H2,1H3,(H2,24,25,27)/t17-/m0/s1. The number of ether oxygens (including phenoxy) is 1. The molecule has 0 aliphatic rings. The Morgan fingerprint density at radius 3 is 2.04 bits per heavy atom. The molecule has 2 N–H and O–H groups in total. The van der Waals surface area contributed by atoms with E-state index >= 15 is 0 Å². The van der Waals surface area contributed by atoms with Crippen LogP contribution >= 0.6 is 0 Å². The first-order valence-corrected chi connectivity index (χ1v) is 9.05. The van der Waals surface area contributed by atoms with Gasteiger partial charge in [0.1, 0.15) is 12.6 Å². The Labute approximate surface area is 164 Å². The summed E-state index contributed by atoms with van der Waals surface area (Å²) in [7, 11) is 0. The van der Waals surface area contributed by atoms with E-state index in [0.29, 0.717) is 5.69 Å². The van der Waals surface area contributed by atoms with Gasteiger partial charge in [-0.2, -0.15) is 0 Å². The summed E-state index contributed by atoms with van der Waals surface area (Å²) in [5.41, 5.74) is 3.77. The molecule has 3 rings (SSSR count). The molecule has 142 valence electrons. The third-order valence-electron chi connectivity index (χ3n) is 4.17. The minimum Gasteiger partial charge on any atom is -0.459 e. The summed E-state index contributed by atoms with van der Waals surface area (Å²) in [6.07, 6.45) is 0. The highest BCUT2D eigenvalue weighted by Crippen LogP contribution is 2.19. The molecule has 0 aromatic heterocycles. The highest BCUT2D eigenvalue weighted by Gasteiger charge is 2.17. The van der Waals surface area contributed by atoms with Crippen LogP contribution in [0.15, 0.2) is 84.9 Å². The molecule has 28 heavy (non-hydrogen) atoms. The summed E-state index contributed by atoms with van der Waals surface area (Å²) in [6, 6.07) is 25.7. The van der Waals surface area contributed by atoms with Crippen molar-refractivity contribution in [3.63, 3.8) is 0 Å². The Morgan fingerprint density at radius 1 is 0.821 bits per heavy atom. The van der Waals surface area contributed by atoms with E-state index in [1.807, 2.05) is 72.8 Å². The molecule has 3 aromatic rings. The van der Waals surface area contributed by atoms with E-state index in [2.05, 4.69) is 10.6 Å². The molecule has 0 spiro atoms. The summed E-state index contributed by atoms with van der Waals surface area (Å²) >= 11 is 0. The van der Waals surface area contributed by atoms with Gasteiger partial charge in [0.25, 0.3) is 0 Å². The highest BCUT2D eigenvalue weighted by molar-refractivity contribution is 5.92. The van der Waals surface area contributed by atoms with Crippen LogP contribution in [-0.4, -0.2) is 18.0 Å². The second-order valence-corrected chi connectivity index (χ2v) is 6.36. The van der Waals surface area contributed by atoms with Crippen molar-refractivity contribution < 1.29 is 14.3 Å². The van der Waals surface area contributed by atoms with Crippen molar-refractivity contribution >= 4 is 17.7 Å². The molecule has 0 aliphatic heterocycles. The summed E-state index contributed by atoms with van der Waals surface area (Å²) in [6.45, 7) is 1.74. The monoisotopic (exact) mass is 374 g/mol. The lowest BCUT2D eigenvalue weighted by atomic mass is 10.0. The highest BCUT2D eigenvalue weighted by atomic mass is 16.5. The second-order valence-electron chi connectivity index (χ2n) is 6.36. The van der Waals surface area contributed by atoms with Crippen LogP contribution in [0.2, 0.25) is 0 Å². The summed E-state index contributed by atoms with van der Waals surface area (Å²) in [4.78, 5) is 24.1. The number of rotatable bonds is 6. The van der Waals surface area contributed by atoms with Gasteiger partial charge in [0.05, 0.1) is 0 Å². The predicted molar refractivity (Wildman–Crippen MR) is 110 cm³/mol. The Balaban J connectivity index is 1.47. The van der Waals surface area contributed by atoms with Crippen molar-refractivity contribution in [2.75, 3.05) is 5.32 Å². The predicted octanol–water partition coefficient (Wildman–Crippen LogP) is 4.61. The maximum atomic E-state index is 12.1. The number of carbonyl (C=O) groups is 2. The van der Waals surface area contributed by atoms with Crippen molar-refractivity contribution in [2.24, 2.45) is 0 Å². The molecule has 0 unspecified atom stereocenters. The fourth-order valence-corrected chi connectivity index (χ4v) is 2.65. The van der Waals surface area contributed by atoms with Gasteiger partial charge in [-0.25, -0.2) is 9.59 Å². The number of esters is 1. The first kappa shape index (κ1) is 19.2. The number of hydrogen-bond donors (Lipinski definition) is 2. The van der Waals surface area contributed by atoms with Crippen molar-refractivity contribution in [3.05, 3.63) is 90.5 Å². The van der Waals surface area contributed by atoms with E-state index < -0.39 is 18.0 Å². The molecular formula is C23H22N2O3. The summed E-state index contributed by atoms with van der Waals surface area (Å²) in [5.74, 6) is -0.490. The molecule has 5 heteroatoms. The number of hydrogen-bond acceptors (Lipinski definition) is 3. The van der Waals surface area contributed by atoms with Crippen LogP contribution in [0.1, 0.15) is 12.5 Å². The van der Waals surface area contributed by atoms with Gasteiger partial charge >= 0.3 is 12.0 Å². The van der Waals surface area contributed by atoms with Crippen LogP contribution < -0.4 is 10.6 Å². The maximum absolute atomic E-state index is 12.1. The molecule has 0 bridgehead atoms. The number of para-hydroxylation sites is 1. The van der Waals surface area contributed by atoms with E-state index in [4.69, 9.17) is 4.74 Å². The number of urea groups is 1. The van der Waals surface area contributed by atoms with Gasteiger partial charge in [-0.3, -0.25) is 0 Å². The van der Waals surface area contributed by atoms with Crippen LogP contribution in [0.3, 0.4) is 0 Å². The third-order valence-corrected chi connectivity index (χ3v) is 4.17. The van der Waals surface area contributed by atoms with Gasteiger partial charge in [-0.15, -0.1) is 0 Å². The van der Waals surface area contributed by atoms with E-state index in [0.717, 1.165) is 16.7 Å². The fourth-order valence-electron chi connectivity index (χ4n) is 2.65. The molecule has 0 saturated heterocycles. The number of benzene rings is 3. The van der Waals surface area contributed by atoms with Crippen LogP contribution in [0.25, 0.3) is 11.1 Å². The number of nitrogens with one attached hydrogen (secondary N) is 2. The van der Waals surface area contributed by atoms with Crippen LogP contribution in [-0.2, 0) is 16.1 Å². The smallest absolute Gasteiger partial charge is 0.328 e. The second kappa shape index (κ2) is 9.37. The first-order chi connectivity index (χ1) is 13.6. The lowest BCUT2D eigenvalue weighted by Gasteiger charge is -2.14. The van der Waals surface area contributed by atoms with Crippen molar-refractivity contribution in [3.8, 4) is 11.1 Å². The van der Waals surface area contributed by atoms with E-state index in [1.54, 1.807) is 19.1 Å². The molecular weight excluding hydrogens is 352 g/mol. The zero-order valence-corrected chi connectivity index (χ0v) is 15.6. The van der Waals surface area contributed by atoms with E-state index in [1.165, 1.54) is 0 Å². The van der Waals surface area contributed by atoms with Crippen molar-refractivity contribution in [1.29, 1.82) is 0 Å². The van der Waals surface area contributed by atoms with E-state index in [-0.39, 0.29) is 6.61 Å². The Morgan fingerprint density at radius 2 is 1.39 bits per heavy atom. The lowest BCUT2D eigenvalue weighted by Crippen LogP contribution is -2.41. The number of anilines is 1. The van der Waals surface area contributed by atoms with Crippen molar-refractivity contribution in [1.82, 2.24) is 5.32 Å². The SMILES string of the molecule is C[C@H](NC(=O)Nc1ccccc1)C(=O)OCc1ccc(-c2ccccc2)cc1.